The van der Waals surface area contributed by atoms with Gasteiger partial charge in [-0.1, -0.05) is 17.7 Å². The number of rotatable bonds is 5. The molecule has 26 heavy (non-hydrogen) atoms. The van der Waals surface area contributed by atoms with E-state index in [1.807, 2.05) is 12.1 Å². The molecule has 3 aromatic rings. The molecule has 0 aliphatic heterocycles. The van der Waals surface area contributed by atoms with Crippen LogP contribution in [0.5, 0.6) is 5.75 Å². The second kappa shape index (κ2) is 7.31. The summed E-state index contributed by atoms with van der Waals surface area (Å²) in [7, 11) is 1.60. The lowest BCUT2D eigenvalue weighted by Crippen LogP contribution is -2.21. The summed E-state index contributed by atoms with van der Waals surface area (Å²) in [6.45, 7) is -0.588. The molecule has 7 nitrogen and oxygen atoms in total. The van der Waals surface area contributed by atoms with Gasteiger partial charge in [0.15, 0.2) is 12.4 Å². The van der Waals surface area contributed by atoms with Crippen LogP contribution in [0.25, 0.3) is 10.9 Å². The first-order valence-corrected chi connectivity index (χ1v) is 8.25. The summed E-state index contributed by atoms with van der Waals surface area (Å²) in [5, 5.41) is 9.97. The van der Waals surface area contributed by atoms with Gasteiger partial charge in [-0.3, -0.25) is 4.79 Å². The predicted molar refractivity (Wildman–Crippen MR) is 97.2 cm³/mol. The van der Waals surface area contributed by atoms with Crippen LogP contribution < -0.4 is 10.3 Å². The zero-order valence-electron chi connectivity index (χ0n) is 13.6. The van der Waals surface area contributed by atoms with Crippen molar-refractivity contribution in [3.8, 4) is 5.75 Å². The highest BCUT2D eigenvalue weighted by atomic mass is 35.5. The number of nitrogens with zero attached hydrogens (tertiary/aromatic N) is 3. The summed E-state index contributed by atoms with van der Waals surface area (Å²) in [4.78, 5) is 30.9. The molecule has 0 radical (unpaired) electrons. The van der Waals surface area contributed by atoms with E-state index >= 15 is 0 Å². The average Bonchev–Trinajstić information content (AvgIpc) is 2.60. The third kappa shape index (κ3) is 3.79. The van der Waals surface area contributed by atoms with Crippen molar-refractivity contribution in [1.29, 1.82) is 0 Å². The number of hydrogen-bond acceptors (Lipinski definition) is 5. The first-order valence-electron chi connectivity index (χ1n) is 7.49. The summed E-state index contributed by atoms with van der Waals surface area (Å²) in [6.07, 6.45) is 1.86. The Morgan fingerprint density at radius 3 is 2.81 bits per heavy atom. The molecule has 0 spiro atoms. The van der Waals surface area contributed by atoms with Crippen LogP contribution in [0.15, 0.2) is 35.3 Å². The molecule has 3 rings (SSSR count). The van der Waals surface area contributed by atoms with Crippen LogP contribution in [0.1, 0.15) is 11.3 Å². The van der Waals surface area contributed by atoms with Crippen LogP contribution in [0, 0.1) is 0 Å². The summed E-state index contributed by atoms with van der Waals surface area (Å²) < 4.78 is 6.50. The predicted octanol–water partition coefficient (Wildman–Crippen LogP) is 2.69. The maximum absolute atomic E-state index is 12.2. The Morgan fingerprint density at radius 2 is 2.08 bits per heavy atom. The SMILES string of the molecule is Cn1c(=O)c(OCC(=O)O)cc2cc(Cc3nc(Cl)ncc3Cl)ccc21. The molecule has 2 heterocycles. The summed E-state index contributed by atoms with van der Waals surface area (Å²) in [6, 6.07) is 7.03. The summed E-state index contributed by atoms with van der Waals surface area (Å²) in [5.74, 6) is -1.18. The van der Waals surface area contributed by atoms with E-state index in [2.05, 4.69) is 9.97 Å². The lowest BCUT2D eigenvalue weighted by Gasteiger charge is -2.11. The fraction of sp³-hybridized carbons (Fsp3) is 0.176. The minimum Gasteiger partial charge on any atom is -0.479 e. The number of aromatic nitrogens is 3. The number of carbonyl (C=O) groups is 1. The molecule has 0 unspecified atom stereocenters. The number of fused-ring (bicyclic) bond motifs is 1. The van der Waals surface area contributed by atoms with Crippen LogP contribution in [0.2, 0.25) is 10.3 Å². The zero-order valence-corrected chi connectivity index (χ0v) is 15.1. The molecule has 0 aliphatic rings. The van der Waals surface area contributed by atoms with E-state index in [0.29, 0.717) is 22.7 Å². The fourth-order valence-electron chi connectivity index (χ4n) is 2.55. The lowest BCUT2D eigenvalue weighted by atomic mass is 10.1. The van der Waals surface area contributed by atoms with Gasteiger partial charge < -0.3 is 14.4 Å². The van der Waals surface area contributed by atoms with Crippen molar-refractivity contribution < 1.29 is 14.6 Å². The molecule has 9 heteroatoms. The van der Waals surface area contributed by atoms with Crippen molar-refractivity contribution >= 4 is 40.1 Å². The van der Waals surface area contributed by atoms with E-state index in [9.17, 15) is 9.59 Å². The van der Waals surface area contributed by atoms with Crippen LogP contribution in [0.3, 0.4) is 0 Å². The minimum absolute atomic E-state index is 0.0253. The molecule has 0 aliphatic carbocycles. The first-order chi connectivity index (χ1) is 12.3. The molecular weight excluding hydrogens is 381 g/mol. The number of carboxylic acid groups (broad SMARTS) is 1. The number of pyridine rings is 1. The number of aliphatic carboxylic acids is 1. The third-order valence-corrected chi connectivity index (χ3v) is 4.26. The topological polar surface area (TPSA) is 94.3 Å². The van der Waals surface area contributed by atoms with Gasteiger partial charge in [0.1, 0.15) is 0 Å². The van der Waals surface area contributed by atoms with Gasteiger partial charge in [-0.15, -0.1) is 0 Å². The Hall–Kier alpha value is -2.64. The highest BCUT2D eigenvalue weighted by Crippen LogP contribution is 2.22. The van der Waals surface area contributed by atoms with E-state index < -0.39 is 18.1 Å². The molecule has 2 aromatic heterocycles. The van der Waals surface area contributed by atoms with Gasteiger partial charge in [0, 0.05) is 18.9 Å². The van der Waals surface area contributed by atoms with Gasteiger partial charge in [0.25, 0.3) is 5.56 Å². The van der Waals surface area contributed by atoms with Crippen molar-refractivity contribution in [1.82, 2.24) is 14.5 Å². The number of halogens is 2. The summed E-state index contributed by atoms with van der Waals surface area (Å²) >= 11 is 11.9. The molecule has 0 atom stereocenters. The van der Waals surface area contributed by atoms with Gasteiger partial charge in [-0.05, 0) is 35.4 Å². The van der Waals surface area contributed by atoms with Crippen LogP contribution in [-0.2, 0) is 18.3 Å². The largest absolute Gasteiger partial charge is 0.479 e. The van der Waals surface area contributed by atoms with Crippen LogP contribution >= 0.6 is 23.2 Å². The van der Waals surface area contributed by atoms with Crippen molar-refractivity contribution in [3.05, 3.63) is 62.4 Å². The Bertz CT molecular complexity index is 1070. The third-order valence-electron chi connectivity index (χ3n) is 3.77. The van der Waals surface area contributed by atoms with E-state index in [1.165, 1.54) is 16.8 Å². The van der Waals surface area contributed by atoms with Gasteiger partial charge in [0.05, 0.1) is 22.4 Å². The van der Waals surface area contributed by atoms with E-state index in [-0.39, 0.29) is 11.0 Å². The molecule has 0 saturated heterocycles. The van der Waals surface area contributed by atoms with Crippen molar-refractivity contribution in [3.63, 3.8) is 0 Å². The Morgan fingerprint density at radius 1 is 1.31 bits per heavy atom. The number of hydrogen-bond donors (Lipinski definition) is 1. The van der Waals surface area contributed by atoms with Crippen LogP contribution in [0.4, 0.5) is 0 Å². The Labute approximate surface area is 157 Å². The van der Waals surface area contributed by atoms with Gasteiger partial charge in [-0.2, -0.15) is 0 Å². The smallest absolute Gasteiger partial charge is 0.341 e. The molecule has 1 N–H and O–H groups in total. The second-order valence-electron chi connectivity index (χ2n) is 5.56. The zero-order chi connectivity index (χ0) is 18.8. The molecule has 0 saturated carbocycles. The van der Waals surface area contributed by atoms with Gasteiger partial charge in [-0.25, -0.2) is 14.8 Å². The van der Waals surface area contributed by atoms with Crippen molar-refractivity contribution in [2.45, 2.75) is 6.42 Å². The van der Waals surface area contributed by atoms with Crippen LogP contribution in [-0.4, -0.2) is 32.2 Å². The number of benzene rings is 1. The first kappa shape index (κ1) is 18.2. The lowest BCUT2D eigenvalue weighted by molar-refractivity contribution is -0.139. The quantitative estimate of drug-likeness (QED) is 0.669. The Kier molecular flexibility index (Phi) is 5.11. The molecule has 134 valence electrons. The normalized spacial score (nSPS) is 10.9. The molecule has 0 amide bonds. The summed E-state index contributed by atoms with van der Waals surface area (Å²) in [5.41, 5.74) is 1.75. The van der Waals surface area contributed by atoms with Gasteiger partial charge in [0.2, 0.25) is 5.28 Å². The van der Waals surface area contributed by atoms with E-state index in [0.717, 1.165) is 10.9 Å². The van der Waals surface area contributed by atoms with Gasteiger partial charge >= 0.3 is 5.97 Å². The molecule has 0 bridgehead atoms. The monoisotopic (exact) mass is 393 g/mol. The fourth-order valence-corrected chi connectivity index (χ4v) is 2.86. The maximum Gasteiger partial charge on any atom is 0.341 e. The average molecular weight is 394 g/mol. The Balaban J connectivity index is 2.01. The minimum atomic E-state index is -1.16. The standard InChI is InChI=1S/C17H13Cl2N3O4/c1-22-13-3-2-9(5-12-11(18)7-20-17(19)21-12)4-10(13)6-14(16(22)25)26-8-15(23)24/h2-4,6-7H,5,8H2,1H3,(H,23,24). The highest BCUT2D eigenvalue weighted by Gasteiger charge is 2.11. The molecule has 0 fully saturated rings. The van der Waals surface area contributed by atoms with E-state index in [1.54, 1.807) is 13.1 Å². The van der Waals surface area contributed by atoms with Crippen molar-refractivity contribution in [2.75, 3.05) is 6.61 Å². The maximum atomic E-state index is 12.2. The second-order valence-corrected chi connectivity index (χ2v) is 6.30. The number of aryl methyl sites for hydroxylation is 1. The van der Waals surface area contributed by atoms with E-state index in [4.69, 9.17) is 33.0 Å². The highest BCUT2D eigenvalue weighted by molar-refractivity contribution is 6.32. The molecular formula is C17H13Cl2N3O4. The number of carboxylic acids is 1. The van der Waals surface area contributed by atoms with Crippen molar-refractivity contribution in [2.24, 2.45) is 7.05 Å². The number of ether oxygens (including phenoxy) is 1. The molecule has 1 aromatic carbocycles.